The van der Waals surface area contributed by atoms with E-state index in [9.17, 15) is 18.0 Å². The molecular formula is C29H35N3O4S. The summed E-state index contributed by atoms with van der Waals surface area (Å²) in [6.07, 6.45) is 0.765. The van der Waals surface area contributed by atoms with Gasteiger partial charge in [0.2, 0.25) is 11.8 Å². The van der Waals surface area contributed by atoms with Gasteiger partial charge in [0, 0.05) is 13.1 Å². The summed E-state index contributed by atoms with van der Waals surface area (Å²) in [6, 6.07) is 22.0. The number of benzene rings is 3. The average Bonchev–Trinajstić information content (AvgIpc) is 2.89. The lowest BCUT2D eigenvalue weighted by molar-refractivity contribution is -0.139. The van der Waals surface area contributed by atoms with Crippen molar-refractivity contribution in [3.8, 4) is 0 Å². The third-order valence-electron chi connectivity index (χ3n) is 6.09. The molecule has 1 N–H and O–H groups in total. The molecule has 0 aliphatic rings. The molecule has 0 saturated carbocycles. The first-order chi connectivity index (χ1) is 17.6. The van der Waals surface area contributed by atoms with Crippen LogP contribution in [0.4, 0.5) is 5.69 Å². The third kappa shape index (κ3) is 7.20. The lowest BCUT2D eigenvalue weighted by atomic mass is 10.1. The zero-order valence-corrected chi connectivity index (χ0v) is 22.7. The highest BCUT2D eigenvalue weighted by molar-refractivity contribution is 7.92. The van der Waals surface area contributed by atoms with E-state index in [0.717, 1.165) is 27.4 Å². The first kappa shape index (κ1) is 27.9. The van der Waals surface area contributed by atoms with Crippen molar-refractivity contribution < 1.29 is 18.0 Å². The summed E-state index contributed by atoms with van der Waals surface area (Å²) in [5.41, 5.74) is 3.18. The Morgan fingerprint density at radius 1 is 0.892 bits per heavy atom. The van der Waals surface area contributed by atoms with Crippen LogP contribution in [0.15, 0.2) is 83.8 Å². The Labute approximate surface area is 220 Å². The Morgan fingerprint density at radius 2 is 1.57 bits per heavy atom. The number of nitrogens with zero attached hydrogens (tertiary/aromatic N) is 2. The quantitative estimate of drug-likeness (QED) is 0.404. The maximum absolute atomic E-state index is 13.8. The Bertz CT molecular complexity index is 1310. The predicted octanol–water partition coefficient (Wildman–Crippen LogP) is 4.44. The number of sulfonamides is 1. The fourth-order valence-electron chi connectivity index (χ4n) is 3.90. The van der Waals surface area contributed by atoms with Gasteiger partial charge in [-0.3, -0.25) is 13.9 Å². The minimum Gasteiger partial charge on any atom is -0.354 e. The van der Waals surface area contributed by atoms with Gasteiger partial charge < -0.3 is 10.2 Å². The molecule has 2 amide bonds. The minimum absolute atomic E-state index is 0.0862. The van der Waals surface area contributed by atoms with Crippen LogP contribution in [0.1, 0.15) is 37.0 Å². The number of anilines is 1. The highest BCUT2D eigenvalue weighted by Crippen LogP contribution is 2.25. The number of amides is 2. The summed E-state index contributed by atoms with van der Waals surface area (Å²) in [6.45, 7) is 7.68. The topological polar surface area (TPSA) is 86.8 Å². The fraction of sp³-hybridized carbons (Fsp3) is 0.310. The number of hydrogen-bond donors (Lipinski definition) is 1. The molecule has 196 valence electrons. The second kappa shape index (κ2) is 12.5. The van der Waals surface area contributed by atoms with Crippen molar-refractivity contribution in [3.05, 3.63) is 95.6 Å². The summed E-state index contributed by atoms with van der Waals surface area (Å²) in [4.78, 5) is 28.2. The second-order valence-corrected chi connectivity index (χ2v) is 11.0. The van der Waals surface area contributed by atoms with Gasteiger partial charge in [0.05, 0.1) is 10.6 Å². The van der Waals surface area contributed by atoms with Crippen LogP contribution < -0.4 is 9.62 Å². The van der Waals surface area contributed by atoms with Crippen molar-refractivity contribution in [1.82, 2.24) is 10.2 Å². The number of aryl methyl sites for hydroxylation is 2. The number of carbonyl (C=O) groups excluding carboxylic acids is 2. The summed E-state index contributed by atoms with van der Waals surface area (Å²) >= 11 is 0. The van der Waals surface area contributed by atoms with Crippen LogP contribution in [-0.2, 0) is 26.2 Å². The highest BCUT2D eigenvalue weighted by atomic mass is 32.2. The molecule has 0 unspecified atom stereocenters. The molecule has 0 aromatic heterocycles. The first-order valence-corrected chi connectivity index (χ1v) is 13.8. The van der Waals surface area contributed by atoms with Gasteiger partial charge in [0.15, 0.2) is 0 Å². The number of carbonyl (C=O) groups is 2. The molecule has 3 rings (SSSR count). The number of nitrogens with one attached hydrogen (secondary N) is 1. The number of hydrogen-bond acceptors (Lipinski definition) is 4. The highest BCUT2D eigenvalue weighted by Gasteiger charge is 2.32. The van der Waals surface area contributed by atoms with E-state index >= 15 is 0 Å². The van der Waals surface area contributed by atoms with E-state index in [1.165, 1.54) is 17.0 Å². The molecular weight excluding hydrogens is 486 g/mol. The van der Waals surface area contributed by atoms with Crippen molar-refractivity contribution in [1.29, 1.82) is 0 Å². The largest absolute Gasteiger partial charge is 0.354 e. The summed E-state index contributed by atoms with van der Waals surface area (Å²) in [5, 5.41) is 2.85. The van der Waals surface area contributed by atoms with Gasteiger partial charge >= 0.3 is 0 Å². The van der Waals surface area contributed by atoms with E-state index in [4.69, 9.17) is 0 Å². The lowest BCUT2D eigenvalue weighted by Gasteiger charge is -2.32. The van der Waals surface area contributed by atoms with Gasteiger partial charge in [-0.05, 0) is 62.6 Å². The van der Waals surface area contributed by atoms with Crippen molar-refractivity contribution in [3.63, 3.8) is 0 Å². The third-order valence-corrected chi connectivity index (χ3v) is 7.88. The van der Waals surface area contributed by atoms with Crippen LogP contribution in [0.25, 0.3) is 0 Å². The Balaban J connectivity index is 2.00. The Hall–Kier alpha value is -3.65. The molecule has 0 fully saturated rings. The molecule has 0 aliphatic heterocycles. The second-order valence-electron chi connectivity index (χ2n) is 9.14. The lowest BCUT2D eigenvalue weighted by Crippen LogP contribution is -2.51. The van der Waals surface area contributed by atoms with Crippen LogP contribution in [0, 0.1) is 13.8 Å². The van der Waals surface area contributed by atoms with E-state index in [0.29, 0.717) is 12.2 Å². The van der Waals surface area contributed by atoms with E-state index in [1.54, 1.807) is 43.3 Å². The van der Waals surface area contributed by atoms with Crippen molar-refractivity contribution in [2.45, 2.75) is 51.6 Å². The van der Waals surface area contributed by atoms with Gasteiger partial charge in [-0.15, -0.1) is 0 Å². The minimum atomic E-state index is -4.05. The fourth-order valence-corrected chi connectivity index (χ4v) is 5.33. The predicted molar refractivity (Wildman–Crippen MR) is 147 cm³/mol. The van der Waals surface area contributed by atoms with Crippen LogP contribution in [-0.4, -0.2) is 44.3 Å². The van der Waals surface area contributed by atoms with E-state index < -0.39 is 28.5 Å². The van der Waals surface area contributed by atoms with Crippen LogP contribution in [0.3, 0.4) is 0 Å². The van der Waals surface area contributed by atoms with Crippen LogP contribution >= 0.6 is 0 Å². The van der Waals surface area contributed by atoms with Gasteiger partial charge in [-0.2, -0.15) is 0 Å². The Morgan fingerprint density at radius 3 is 2.19 bits per heavy atom. The molecule has 0 saturated heterocycles. The smallest absolute Gasteiger partial charge is 0.264 e. The molecule has 3 aromatic carbocycles. The summed E-state index contributed by atoms with van der Waals surface area (Å²) in [7, 11) is -4.05. The summed E-state index contributed by atoms with van der Waals surface area (Å²) in [5.74, 6) is -0.754. The van der Waals surface area contributed by atoms with Crippen LogP contribution in [0.2, 0.25) is 0 Å². The molecule has 3 aromatic rings. The SMILES string of the molecule is CCCNC(=O)[C@H](C)N(Cc1ccc(C)cc1)C(=O)CN(c1cccc(C)c1)S(=O)(=O)c1ccccc1. The molecule has 8 heteroatoms. The molecule has 7 nitrogen and oxygen atoms in total. The molecule has 37 heavy (non-hydrogen) atoms. The molecule has 0 heterocycles. The standard InChI is InChI=1S/C29H35N3O4S/c1-5-18-30-29(34)24(4)31(20-25-16-14-22(2)15-17-25)28(33)21-32(26-11-9-10-23(3)19-26)37(35,36)27-12-7-6-8-13-27/h6-17,19,24H,5,18,20-21H2,1-4H3,(H,30,34)/t24-/m0/s1. The van der Waals surface area contributed by atoms with Gasteiger partial charge in [0.25, 0.3) is 10.0 Å². The van der Waals surface area contributed by atoms with Crippen molar-refractivity contribution in [2.24, 2.45) is 0 Å². The molecule has 0 aliphatic carbocycles. The van der Waals surface area contributed by atoms with Crippen LogP contribution in [0.5, 0.6) is 0 Å². The van der Waals surface area contributed by atoms with Gasteiger partial charge in [0.1, 0.15) is 12.6 Å². The zero-order valence-electron chi connectivity index (χ0n) is 21.8. The first-order valence-electron chi connectivity index (χ1n) is 12.4. The molecule has 0 bridgehead atoms. The van der Waals surface area contributed by atoms with Crippen molar-refractivity contribution in [2.75, 3.05) is 17.4 Å². The molecule has 0 radical (unpaired) electrons. The van der Waals surface area contributed by atoms with Gasteiger partial charge in [-0.25, -0.2) is 8.42 Å². The van der Waals surface area contributed by atoms with Crippen molar-refractivity contribution >= 4 is 27.5 Å². The Kier molecular flexibility index (Phi) is 9.47. The zero-order chi connectivity index (χ0) is 27.0. The number of rotatable bonds is 11. The molecule has 1 atom stereocenters. The van der Waals surface area contributed by atoms with E-state index in [-0.39, 0.29) is 17.3 Å². The average molecular weight is 522 g/mol. The maximum atomic E-state index is 13.8. The van der Waals surface area contributed by atoms with E-state index in [2.05, 4.69) is 5.32 Å². The normalized spacial score (nSPS) is 12.0. The van der Waals surface area contributed by atoms with E-state index in [1.807, 2.05) is 51.1 Å². The maximum Gasteiger partial charge on any atom is 0.264 e. The monoisotopic (exact) mass is 521 g/mol. The van der Waals surface area contributed by atoms with Gasteiger partial charge in [-0.1, -0.05) is 67.1 Å². The molecule has 0 spiro atoms. The summed E-state index contributed by atoms with van der Waals surface area (Å²) < 4.78 is 28.6.